The van der Waals surface area contributed by atoms with E-state index >= 15 is 0 Å². The van der Waals surface area contributed by atoms with Crippen molar-refractivity contribution in [2.24, 2.45) is 5.92 Å². The van der Waals surface area contributed by atoms with Gasteiger partial charge in [-0.25, -0.2) is 0 Å². The number of hydrogen-bond donors (Lipinski definition) is 0. The van der Waals surface area contributed by atoms with E-state index in [1.54, 1.807) is 11.1 Å². The fourth-order valence-corrected chi connectivity index (χ4v) is 2.76. The lowest BCUT2D eigenvalue weighted by Crippen LogP contribution is -2.02. The van der Waals surface area contributed by atoms with Crippen LogP contribution in [0.3, 0.4) is 0 Å². The normalized spacial score (nSPS) is 24.5. The summed E-state index contributed by atoms with van der Waals surface area (Å²) in [5.41, 5.74) is 3.40. The molecular weight excluding hydrogens is 180 g/mol. The summed E-state index contributed by atoms with van der Waals surface area (Å²) in [7, 11) is 0. The van der Waals surface area contributed by atoms with Crippen molar-refractivity contribution in [2.75, 3.05) is 0 Å². The van der Waals surface area contributed by atoms with Gasteiger partial charge >= 0.3 is 0 Å². The van der Waals surface area contributed by atoms with Crippen molar-refractivity contribution >= 4 is 0 Å². The van der Waals surface area contributed by atoms with Gasteiger partial charge in [-0.3, -0.25) is 0 Å². The molecule has 2 aliphatic carbocycles. The average molecular weight is 202 g/mol. The highest BCUT2D eigenvalue weighted by atomic mass is 14.3. The van der Waals surface area contributed by atoms with Crippen LogP contribution in [0.2, 0.25) is 0 Å². The molecule has 1 unspecified atom stereocenters. The minimum absolute atomic E-state index is 0.803. The Morgan fingerprint density at radius 2 is 2.27 bits per heavy atom. The number of hydrogen-bond acceptors (Lipinski definition) is 0. The molecule has 0 aromatic heterocycles. The van der Waals surface area contributed by atoms with Crippen LogP contribution in [0.4, 0.5) is 0 Å². The van der Waals surface area contributed by atoms with Crippen molar-refractivity contribution in [3.8, 4) is 0 Å². The van der Waals surface area contributed by atoms with Gasteiger partial charge in [0.25, 0.3) is 0 Å². The van der Waals surface area contributed by atoms with Crippen molar-refractivity contribution in [3.05, 3.63) is 35.5 Å². The molecule has 0 saturated carbocycles. The molecule has 82 valence electrons. The van der Waals surface area contributed by atoms with E-state index in [4.69, 9.17) is 0 Å². The second-order valence-electron chi connectivity index (χ2n) is 4.74. The molecule has 0 aromatic carbocycles. The van der Waals surface area contributed by atoms with Crippen molar-refractivity contribution in [3.63, 3.8) is 0 Å². The SMILES string of the molecule is CCCCCC1=CCCC1C1=CC=CC1. The van der Waals surface area contributed by atoms with E-state index in [-0.39, 0.29) is 0 Å². The molecule has 0 fully saturated rings. The molecule has 0 spiro atoms. The Bertz CT molecular complexity index is 291. The van der Waals surface area contributed by atoms with Crippen molar-refractivity contribution in [1.82, 2.24) is 0 Å². The van der Waals surface area contributed by atoms with Gasteiger partial charge in [-0.1, -0.05) is 55.2 Å². The van der Waals surface area contributed by atoms with Crippen LogP contribution in [0.15, 0.2) is 35.5 Å². The van der Waals surface area contributed by atoms with Gasteiger partial charge in [-0.2, -0.15) is 0 Å². The maximum Gasteiger partial charge on any atom is 0.00161 e. The summed E-state index contributed by atoms with van der Waals surface area (Å²) in [6, 6.07) is 0. The largest absolute Gasteiger partial charge is 0.0847 e. The van der Waals surface area contributed by atoms with Crippen LogP contribution in [0.5, 0.6) is 0 Å². The Morgan fingerprint density at radius 3 is 3.00 bits per heavy atom. The first kappa shape index (κ1) is 10.7. The monoisotopic (exact) mass is 202 g/mol. The van der Waals surface area contributed by atoms with E-state index in [1.807, 2.05) is 0 Å². The summed E-state index contributed by atoms with van der Waals surface area (Å²) in [6.07, 6.45) is 18.7. The molecule has 0 aromatic rings. The molecule has 0 amide bonds. The average Bonchev–Trinajstić information content (AvgIpc) is 2.87. The molecule has 2 rings (SSSR count). The zero-order valence-corrected chi connectivity index (χ0v) is 9.84. The lowest BCUT2D eigenvalue weighted by Gasteiger charge is -2.16. The van der Waals surface area contributed by atoms with Gasteiger partial charge in [0.05, 0.1) is 0 Å². The summed E-state index contributed by atoms with van der Waals surface area (Å²) in [6.45, 7) is 2.28. The van der Waals surface area contributed by atoms with Gasteiger partial charge in [0, 0.05) is 5.92 Å². The molecule has 0 aliphatic heterocycles. The molecule has 0 radical (unpaired) electrons. The van der Waals surface area contributed by atoms with Crippen LogP contribution in [0, 0.1) is 5.92 Å². The molecule has 2 aliphatic rings. The predicted octanol–water partition coefficient (Wildman–Crippen LogP) is 4.79. The minimum Gasteiger partial charge on any atom is -0.0847 e. The maximum absolute atomic E-state index is 2.50. The summed E-state index contributed by atoms with van der Waals surface area (Å²) >= 11 is 0. The first-order valence-corrected chi connectivity index (χ1v) is 6.46. The second kappa shape index (κ2) is 5.34. The van der Waals surface area contributed by atoms with E-state index < -0.39 is 0 Å². The zero-order chi connectivity index (χ0) is 10.5. The Kier molecular flexibility index (Phi) is 3.82. The third-order valence-electron chi connectivity index (χ3n) is 3.63. The van der Waals surface area contributed by atoms with Crippen LogP contribution < -0.4 is 0 Å². The van der Waals surface area contributed by atoms with Crippen LogP contribution in [-0.4, -0.2) is 0 Å². The van der Waals surface area contributed by atoms with Gasteiger partial charge in [0.2, 0.25) is 0 Å². The molecule has 0 bridgehead atoms. The van der Waals surface area contributed by atoms with Crippen LogP contribution in [0.1, 0.15) is 51.9 Å². The lowest BCUT2D eigenvalue weighted by molar-refractivity contribution is 0.628. The zero-order valence-electron chi connectivity index (χ0n) is 9.84. The summed E-state index contributed by atoms with van der Waals surface area (Å²) in [4.78, 5) is 0. The van der Waals surface area contributed by atoms with Gasteiger partial charge < -0.3 is 0 Å². The topological polar surface area (TPSA) is 0 Å². The Labute approximate surface area is 93.8 Å². The Hall–Kier alpha value is -0.780. The second-order valence-corrected chi connectivity index (χ2v) is 4.74. The standard InChI is InChI=1S/C15H22/c1-2-3-4-8-14-11-7-12-15(14)13-9-5-6-10-13/h5-6,9,11,15H,2-4,7-8,10,12H2,1H3. The molecule has 0 nitrogen and oxygen atoms in total. The Morgan fingerprint density at radius 1 is 1.33 bits per heavy atom. The number of rotatable bonds is 5. The fraction of sp³-hybridized carbons (Fsp3) is 0.600. The third-order valence-corrected chi connectivity index (χ3v) is 3.63. The Balaban J connectivity index is 1.87. The first-order chi connectivity index (χ1) is 7.42. The van der Waals surface area contributed by atoms with Crippen molar-refractivity contribution in [1.29, 1.82) is 0 Å². The number of allylic oxidation sites excluding steroid dienone is 6. The maximum atomic E-state index is 2.50. The van der Waals surface area contributed by atoms with Gasteiger partial charge in [-0.05, 0) is 32.1 Å². The van der Waals surface area contributed by atoms with Gasteiger partial charge in [-0.15, -0.1) is 0 Å². The molecule has 0 heteroatoms. The van der Waals surface area contributed by atoms with Crippen LogP contribution >= 0.6 is 0 Å². The molecule has 0 saturated heterocycles. The fourth-order valence-electron chi connectivity index (χ4n) is 2.76. The van der Waals surface area contributed by atoms with Gasteiger partial charge in [0.15, 0.2) is 0 Å². The van der Waals surface area contributed by atoms with Crippen LogP contribution in [0.25, 0.3) is 0 Å². The van der Waals surface area contributed by atoms with Gasteiger partial charge in [0.1, 0.15) is 0 Å². The van der Waals surface area contributed by atoms with E-state index in [1.165, 1.54) is 44.9 Å². The highest BCUT2D eigenvalue weighted by Crippen LogP contribution is 2.37. The van der Waals surface area contributed by atoms with E-state index in [9.17, 15) is 0 Å². The van der Waals surface area contributed by atoms with E-state index in [0.717, 1.165) is 5.92 Å². The summed E-state index contributed by atoms with van der Waals surface area (Å²) < 4.78 is 0. The molecule has 1 atom stereocenters. The first-order valence-electron chi connectivity index (χ1n) is 6.46. The lowest BCUT2D eigenvalue weighted by atomic mass is 9.89. The molecular formula is C15H22. The minimum atomic E-state index is 0.803. The molecule has 0 N–H and O–H groups in total. The number of unbranched alkanes of at least 4 members (excludes halogenated alkanes) is 2. The quantitative estimate of drug-likeness (QED) is 0.444. The highest BCUT2D eigenvalue weighted by molar-refractivity contribution is 5.33. The molecule has 0 heterocycles. The smallest absolute Gasteiger partial charge is 0.00161 e. The molecule has 15 heavy (non-hydrogen) atoms. The highest BCUT2D eigenvalue weighted by Gasteiger charge is 2.22. The van der Waals surface area contributed by atoms with E-state index in [2.05, 4.69) is 31.2 Å². The summed E-state index contributed by atoms with van der Waals surface area (Å²) in [5.74, 6) is 0.803. The summed E-state index contributed by atoms with van der Waals surface area (Å²) in [5, 5.41) is 0. The van der Waals surface area contributed by atoms with Crippen molar-refractivity contribution in [2.45, 2.75) is 51.9 Å². The van der Waals surface area contributed by atoms with Crippen molar-refractivity contribution < 1.29 is 0 Å². The third kappa shape index (κ3) is 2.62. The van der Waals surface area contributed by atoms with E-state index in [0.29, 0.717) is 0 Å². The van der Waals surface area contributed by atoms with Crippen LogP contribution in [-0.2, 0) is 0 Å². The predicted molar refractivity (Wildman–Crippen MR) is 66.8 cm³/mol.